The molecule has 29 heavy (non-hydrogen) atoms. The first-order valence-corrected chi connectivity index (χ1v) is 9.57. The molecule has 1 amide bonds. The van der Waals surface area contributed by atoms with E-state index in [2.05, 4.69) is 10.3 Å². The summed E-state index contributed by atoms with van der Waals surface area (Å²) >= 11 is 0. The number of nitrogens with zero attached hydrogens (tertiary/aromatic N) is 1. The average Bonchev–Trinajstić information content (AvgIpc) is 3.18. The molecule has 0 saturated carbocycles. The van der Waals surface area contributed by atoms with Crippen LogP contribution in [0.1, 0.15) is 29.8 Å². The maximum atomic E-state index is 12.6. The van der Waals surface area contributed by atoms with Gasteiger partial charge in [0.05, 0.1) is 0 Å². The Morgan fingerprint density at radius 3 is 2.72 bits per heavy atom. The van der Waals surface area contributed by atoms with E-state index in [1.807, 2.05) is 19.9 Å². The summed E-state index contributed by atoms with van der Waals surface area (Å²) in [6, 6.07) is 5.30. The number of amides is 1. The van der Waals surface area contributed by atoms with E-state index in [9.17, 15) is 14.4 Å². The van der Waals surface area contributed by atoms with Crippen molar-refractivity contribution in [3.05, 3.63) is 52.1 Å². The van der Waals surface area contributed by atoms with Gasteiger partial charge in [0.1, 0.15) is 11.3 Å². The lowest BCUT2D eigenvalue weighted by molar-refractivity contribution is -0.128. The topological polar surface area (TPSA) is 93.2 Å². The van der Waals surface area contributed by atoms with Crippen LogP contribution in [0.25, 0.3) is 22.0 Å². The Labute approximate surface area is 167 Å². The second kappa shape index (κ2) is 6.92. The van der Waals surface area contributed by atoms with E-state index in [0.29, 0.717) is 28.0 Å². The molecule has 0 aliphatic carbocycles. The van der Waals surface area contributed by atoms with Gasteiger partial charge in [0.15, 0.2) is 11.9 Å². The van der Waals surface area contributed by atoms with Gasteiger partial charge in [0.2, 0.25) is 0 Å². The van der Waals surface area contributed by atoms with E-state index >= 15 is 0 Å². The van der Waals surface area contributed by atoms with Crippen LogP contribution in [0.2, 0.25) is 0 Å². The first kappa shape index (κ1) is 19.0. The number of aryl methyl sites for hydroxylation is 1. The minimum atomic E-state index is -0.540. The van der Waals surface area contributed by atoms with Gasteiger partial charge in [0.25, 0.3) is 11.5 Å². The van der Waals surface area contributed by atoms with Crippen molar-refractivity contribution in [3.63, 3.8) is 0 Å². The molecule has 1 unspecified atom stereocenters. The molecule has 0 bridgehead atoms. The number of fused-ring (bicyclic) bond motifs is 2. The number of carbonyl (C=O) groups is 2. The van der Waals surface area contributed by atoms with Crippen molar-refractivity contribution in [2.24, 2.45) is 13.0 Å². The van der Waals surface area contributed by atoms with E-state index in [0.717, 1.165) is 10.9 Å². The predicted molar refractivity (Wildman–Crippen MR) is 110 cm³/mol. The number of hydrogen-bond acceptors (Lipinski definition) is 4. The van der Waals surface area contributed by atoms with Crippen LogP contribution in [0, 0.1) is 5.92 Å². The Hall–Kier alpha value is -3.35. The summed E-state index contributed by atoms with van der Waals surface area (Å²) in [4.78, 5) is 40.4. The molecule has 2 N–H and O–H groups in total. The molecule has 3 aromatic rings. The Balaban J connectivity index is 2.03. The Kier molecular flexibility index (Phi) is 4.53. The van der Waals surface area contributed by atoms with Gasteiger partial charge in [-0.2, -0.15) is 0 Å². The zero-order valence-corrected chi connectivity index (χ0v) is 16.8. The van der Waals surface area contributed by atoms with E-state index in [-0.39, 0.29) is 29.6 Å². The fourth-order valence-corrected chi connectivity index (χ4v) is 3.91. The number of hydrogen-bond donors (Lipinski definition) is 2. The van der Waals surface area contributed by atoms with E-state index in [1.54, 1.807) is 38.6 Å². The summed E-state index contributed by atoms with van der Waals surface area (Å²) in [6.07, 6.45) is 3.12. The fraction of sp³-hybridized carbons (Fsp3) is 0.318. The summed E-state index contributed by atoms with van der Waals surface area (Å²) < 4.78 is 7.68. The SMILES string of the molecule is CNC(=O)c1cc2c(c(-c3cn(C)c(=O)c4[nH]ccc34)c1)OC(C(C)C)C(=O)C2. The van der Waals surface area contributed by atoms with E-state index < -0.39 is 6.10 Å². The Morgan fingerprint density at radius 1 is 1.28 bits per heavy atom. The van der Waals surface area contributed by atoms with Gasteiger partial charge in [-0.3, -0.25) is 14.4 Å². The van der Waals surface area contributed by atoms with Crippen LogP contribution in [0.15, 0.2) is 35.4 Å². The summed E-state index contributed by atoms with van der Waals surface area (Å²) in [5.74, 6) is 0.369. The molecule has 4 rings (SSSR count). The molecule has 150 valence electrons. The van der Waals surface area contributed by atoms with Gasteiger partial charge in [0, 0.05) is 60.5 Å². The van der Waals surface area contributed by atoms with Crippen LogP contribution in [-0.4, -0.2) is 34.4 Å². The van der Waals surface area contributed by atoms with E-state index in [4.69, 9.17) is 4.74 Å². The van der Waals surface area contributed by atoms with Gasteiger partial charge >= 0.3 is 0 Å². The number of H-pyrrole nitrogens is 1. The van der Waals surface area contributed by atoms with Gasteiger partial charge in [-0.1, -0.05) is 13.8 Å². The van der Waals surface area contributed by atoms with Crippen molar-refractivity contribution in [3.8, 4) is 16.9 Å². The van der Waals surface area contributed by atoms with Crippen LogP contribution >= 0.6 is 0 Å². The highest BCUT2D eigenvalue weighted by molar-refractivity contribution is 6.02. The highest BCUT2D eigenvalue weighted by Crippen LogP contribution is 2.41. The summed E-state index contributed by atoms with van der Waals surface area (Å²) in [6.45, 7) is 3.89. The molecule has 1 aliphatic rings. The summed E-state index contributed by atoms with van der Waals surface area (Å²) in [7, 11) is 3.25. The number of ether oxygens (including phenoxy) is 1. The van der Waals surface area contributed by atoms with Gasteiger partial charge in [-0.05, 0) is 24.1 Å². The van der Waals surface area contributed by atoms with Crippen molar-refractivity contribution in [1.82, 2.24) is 14.9 Å². The number of nitrogens with one attached hydrogen (secondary N) is 2. The predicted octanol–water partition coefficient (Wildman–Crippen LogP) is 2.42. The molecule has 0 saturated heterocycles. The number of carbonyl (C=O) groups excluding carboxylic acids is 2. The lowest BCUT2D eigenvalue weighted by Crippen LogP contribution is -2.37. The quantitative estimate of drug-likeness (QED) is 0.715. The average molecular weight is 393 g/mol. The number of aromatic amines is 1. The fourth-order valence-electron chi connectivity index (χ4n) is 3.91. The Bertz CT molecular complexity index is 1200. The lowest BCUT2D eigenvalue weighted by Gasteiger charge is -2.30. The normalized spacial score (nSPS) is 16.0. The highest BCUT2D eigenvalue weighted by atomic mass is 16.5. The third-order valence-corrected chi connectivity index (χ3v) is 5.37. The maximum absolute atomic E-state index is 12.6. The molecule has 1 atom stereocenters. The van der Waals surface area contributed by atoms with Crippen LogP contribution in [0.5, 0.6) is 5.75 Å². The molecule has 2 aromatic heterocycles. The standard InChI is InChI=1S/C22H23N3O4/c1-11(2)19-17(26)9-12-7-13(21(27)23-3)8-15(20(12)29-19)16-10-25(4)22(28)18-14(16)5-6-24-18/h5-8,10-11,19,24H,9H2,1-4H3,(H,23,27). The van der Waals surface area contributed by atoms with Gasteiger partial charge < -0.3 is 19.6 Å². The van der Waals surface area contributed by atoms with Gasteiger partial charge in [-0.15, -0.1) is 0 Å². The van der Waals surface area contributed by atoms with Crippen molar-refractivity contribution >= 4 is 22.6 Å². The number of rotatable bonds is 3. The van der Waals surface area contributed by atoms with Crippen molar-refractivity contribution in [2.45, 2.75) is 26.4 Å². The molecule has 7 nitrogen and oxygen atoms in total. The maximum Gasteiger partial charge on any atom is 0.274 e. The van der Waals surface area contributed by atoms with Crippen molar-refractivity contribution < 1.29 is 14.3 Å². The van der Waals surface area contributed by atoms with Crippen molar-refractivity contribution in [1.29, 1.82) is 0 Å². The number of ketones is 1. The number of benzene rings is 1. The monoisotopic (exact) mass is 393 g/mol. The summed E-state index contributed by atoms with van der Waals surface area (Å²) in [5, 5.41) is 3.37. The third kappa shape index (κ3) is 3.03. The molecule has 1 aromatic carbocycles. The first-order chi connectivity index (χ1) is 13.8. The smallest absolute Gasteiger partial charge is 0.274 e. The largest absolute Gasteiger partial charge is 0.481 e. The highest BCUT2D eigenvalue weighted by Gasteiger charge is 2.33. The zero-order chi connectivity index (χ0) is 20.9. The number of pyridine rings is 1. The molecule has 3 heterocycles. The molecule has 1 aliphatic heterocycles. The van der Waals surface area contributed by atoms with Crippen molar-refractivity contribution in [2.75, 3.05) is 7.05 Å². The second-order valence-corrected chi connectivity index (χ2v) is 7.74. The van der Waals surface area contributed by atoms with E-state index in [1.165, 1.54) is 4.57 Å². The molecular formula is C22H23N3O4. The van der Waals surface area contributed by atoms with Crippen LogP contribution in [0.4, 0.5) is 0 Å². The van der Waals surface area contributed by atoms with Crippen LogP contribution in [-0.2, 0) is 18.3 Å². The minimum Gasteiger partial charge on any atom is -0.481 e. The van der Waals surface area contributed by atoms with Gasteiger partial charge in [-0.25, -0.2) is 0 Å². The molecule has 0 radical (unpaired) electrons. The third-order valence-electron chi connectivity index (χ3n) is 5.37. The molecule has 7 heteroatoms. The minimum absolute atomic E-state index is 0.000223. The second-order valence-electron chi connectivity index (χ2n) is 7.74. The number of aromatic nitrogens is 2. The molecule has 0 spiro atoms. The molecular weight excluding hydrogens is 370 g/mol. The lowest BCUT2D eigenvalue weighted by atomic mass is 9.89. The Morgan fingerprint density at radius 2 is 2.03 bits per heavy atom. The van der Waals surface area contributed by atoms with Crippen LogP contribution in [0.3, 0.4) is 0 Å². The zero-order valence-electron chi connectivity index (χ0n) is 16.8. The molecule has 0 fully saturated rings. The van der Waals surface area contributed by atoms with Crippen LogP contribution < -0.4 is 15.6 Å². The summed E-state index contributed by atoms with van der Waals surface area (Å²) in [5.41, 5.74) is 2.93. The first-order valence-electron chi connectivity index (χ1n) is 9.57. The number of Topliss-reactive ketones (excluding diaryl/α,β-unsaturated/α-hetero) is 1.